The van der Waals surface area contributed by atoms with Crippen molar-refractivity contribution in [3.05, 3.63) is 18.2 Å². The van der Waals surface area contributed by atoms with Gasteiger partial charge in [0.1, 0.15) is 0 Å². The molecule has 20 heavy (non-hydrogen) atoms. The van der Waals surface area contributed by atoms with Gasteiger partial charge < -0.3 is 15.2 Å². The first-order valence-corrected chi connectivity index (χ1v) is 7.83. The minimum atomic E-state index is 0.202. The van der Waals surface area contributed by atoms with E-state index < -0.39 is 0 Å². The van der Waals surface area contributed by atoms with Crippen LogP contribution >= 0.6 is 0 Å². The molecule has 1 atom stereocenters. The first-order chi connectivity index (χ1) is 9.83. The third-order valence-corrected chi connectivity index (χ3v) is 4.20. The van der Waals surface area contributed by atoms with E-state index in [9.17, 15) is 4.79 Å². The molecule has 1 aromatic rings. The molecule has 1 saturated heterocycles. The quantitative estimate of drug-likeness (QED) is 0.826. The molecule has 3 rings (SSSR count). The molecule has 2 fully saturated rings. The highest BCUT2D eigenvalue weighted by atomic mass is 16.1. The summed E-state index contributed by atoms with van der Waals surface area (Å²) in [7, 11) is 0. The summed E-state index contributed by atoms with van der Waals surface area (Å²) >= 11 is 0. The summed E-state index contributed by atoms with van der Waals surface area (Å²) in [5.41, 5.74) is 1.32. The van der Waals surface area contributed by atoms with Crippen LogP contribution in [0.4, 0.5) is 0 Å². The Kier molecular flexibility index (Phi) is 4.35. The van der Waals surface area contributed by atoms with Crippen molar-refractivity contribution < 1.29 is 4.79 Å². The van der Waals surface area contributed by atoms with Gasteiger partial charge in [0.2, 0.25) is 5.91 Å². The molecule has 1 unspecified atom stereocenters. The number of nitrogens with one attached hydrogen (secondary N) is 2. The molecule has 1 aliphatic carbocycles. The van der Waals surface area contributed by atoms with Gasteiger partial charge in [0.15, 0.2) is 0 Å². The molecule has 1 saturated carbocycles. The molecular formula is C15H24N4O. The van der Waals surface area contributed by atoms with Crippen LogP contribution in [0.1, 0.15) is 50.1 Å². The van der Waals surface area contributed by atoms with Crippen LogP contribution < -0.4 is 10.6 Å². The summed E-state index contributed by atoms with van der Waals surface area (Å²) in [6.07, 6.45) is 10.2. The number of aryl methyl sites for hydroxylation is 1. The van der Waals surface area contributed by atoms with Gasteiger partial charge in [-0.2, -0.15) is 0 Å². The standard InChI is InChI=1S/C15H24N4O/c20-15(18-13-5-6-13)4-2-8-19-11-17-10-14(19)12-3-1-7-16-9-12/h10-13,16H,1-9H2,(H,18,20). The van der Waals surface area contributed by atoms with Gasteiger partial charge in [-0.05, 0) is 38.6 Å². The lowest BCUT2D eigenvalue weighted by molar-refractivity contribution is -0.121. The summed E-state index contributed by atoms with van der Waals surface area (Å²) in [6, 6.07) is 0.472. The van der Waals surface area contributed by atoms with Gasteiger partial charge in [-0.1, -0.05) is 0 Å². The molecule has 1 aliphatic heterocycles. The van der Waals surface area contributed by atoms with Crippen molar-refractivity contribution in [2.45, 2.75) is 57.0 Å². The average Bonchev–Trinajstić information content (AvgIpc) is 3.15. The molecule has 2 N–H and O–H groups in total. The fraction of sp³-hybridized carbons (Fsp3) is 0.733. The van der Waals surface area contributed by atoms with Crippen LogP contribution in [0.15, 0.2) is 12.5 Å². The molecule has 1 aromatic heterocycles. The van der Waals surface area contributed by atoms with Crippen LogP contribution in [0.2, 0.25) is 0 Å². The van der Waals surface area contributed by atoms with Crippen LogP contribution in [-0.2, 0) is 11.3 Å². The zero-order valence-electron chi connectivity index (χ0n) is 12.0. The average molecular weight is 276 g/mol. The number of hydrogen-bond donors (Lipinski definition) is 2. The van der Waals surface area contributed by atoms with Crippen LogP contribution in [0.25, 0.3) is 0 Å². The van der Waals surface area contributed by atoms with E-state index in [4.69, 9.17) is 0 Å². The van der Waals surface area contributed by atoms with Gasteiger partial charge in [-0.25, -0.2) is 4.98 Å². The van der Waals surface area contributed by atoms with Crippen LogP contribution in [-0.4, -0.2) is 34.6 Å². The van der Waals surface area contributed by atoms with Crippen molar-refractivity contribution in [1.29, 1.82) is 0 Å². The number of carbonyl (C=O) groups excluding carboxylic acids is 1. The van der Waals surface area contributed by atoms with E-state index in [-0.39, 0.29) is 5.91 Å². The number of aromatic nitrogens is 2. The molecule has 110 valence electrons. The molecule has 0 spiro atoms. The molecule has 5 heteroatoms. The lowest BCUT2D eigenvalue weighted by Crippen LogP contribution is -2.29. The Morgan fingerprint density at radius 3 is 3.10 bits per heavy atom. The predicted molar refractivity (Wildman–Crippen MR) is 77.5 cm³/mol. The Hall–Kier alpha value is -1.36. The maximum absolute atomic E-state index is 11.7. The first-order valence-electron chi connectivity index (χ1n) is 7.83. The van der Waals surface area contributed by atoms with Gasteiger partial charge in [0.05, 0.1) is 6.33 Å². The Morgan fingerprint density at radius 1 is 1.45 bits per heavy atom. The number of imidazole rings is 1. The highest BCUT2D eigenvalue weighted by Crippen LogP contribution is 2.23. The predicted octanol–water partition coefficient (Wildman–Crippen LogP) is 1.41. The van der Waals surface area contributed by atoms with Crippen molar-refractivity contribution in [2.75, 3.05) is 13.1 Å². The molecule has 2 aliphatic rings. The fourth-order valence-electron chi connectivity index (χ4n) is 2.90. The monoisotopic (exact) mass is 276 g/mol. The number of amides is 1. The molecular weight excluding hydrogens is 252 g/mol. The second kappa shape index (κ2) is 6.39. The highest BCUT2D eigenvalue weighted by molar-refractivity contribution is 5.76. The molecule has 0 bridgehead atoms. The van der Waals surface area contributed by atoms with E-state index in [0.29, 0.717) is 18.4 Å². The maximum atomic E-state index is 11.7. The Bertz CT molecular complexity index is 446. The molecule has 5 nitrogen and oxygen atoms in total. The van der Waals surface area contributed by atoms with Gasteiger partial charge in [-0.3, -0.25) is 4.79 Å². The molecule has 1 amide bonds. The van der Waals surface area contributed by atoms with Crippen LogP contribution in [0, 0.1) is 0 Å². The Balaban J connectivity index is 1.47. The Morgan fingerprint density at radius 2 is 2.35 bits per heavy atom. The van der Waals surface area contributed by atoms with E-state index in [2.05, 4.69) is 20.2 Å². The number of rotatable bonds is 6. The summed E-state index contributed by atoms with van der Waals surface area (Å²) in [4.78, 5) is 16.0. The van der Waals surface area contributed by atoms with E-state index >= 15 is 0 Å². The second-order valence-electron chi connectivity index (χ2n) is 6.00. The van der Waals surface area contributed by atoms with Crippen molar-refractivity contribution in [3.8, 4) is 0 Å². The minimum absolute atomic E-state index is 0.202. The maximum Gasteiger partial charge on any atom is 0.220 e. The molecule has 0 radical (unpaired) electrons. The van der Waals surface area contributed by atoms with Crippen molar-refractivity contribution >= 4 is 5.91 Å². The minimum Gasteiger partial charge on any atom is -0.353 e. The summed E-state index contributed by atoms with van der Waals surface area (Å²) < 4.78 is 2.22. The van der Waals surface area contributed by atoms with Gasteiger partial charge in [-0.15, -0.1) is 0 Å². The van der Waals surface area contributed by atoms with Crippen LogP contribution in [0.3, 0.4) is 0 Å². The Labute approximate surface area is 120 Å². The topological polar surface area (TPSA) is 59.0 Å². The van der Waals surface area contributed by atoms with E-state index in [1.807, 2.05) is 12.5 Å². The van der Waals surface area contributed by atoms with Crippen molar-refractivity contribution in [3.63, 3.8) is 0 Å². The number of carbonyl (C=O) groups is 1. The number of piperidine rings is 1. The summed E-state index contributed by atoms with van der Waals surface area (Å²) in [6.45, 7) is 3.07. The van der Waals surface area contributed by atoms with Gasteiger partial charge in [0.25, 0.3) is 0 Å². The SMILES string of the molecule is O=C(CCCn1cncc1C1CCCNC1)NC1CC1. The summed E-state index contributed by atoms with van der Waals surface area (Å²) in [5.74, 6) is 0.778. The van der Waals surface area contributed by atoms with E-state index in [1.54, 1.807) is 0 Å². The van der Waals surface area contributed by atoms with Crippen molar-refractivity contribution in [2.24, 2.45) is 0 Å². The number of nitrogens with zero attached hydrogens (tertiary/aromatic N) is 2. The number of hydrogen-bond acceptors (Lipinski definition) is 3. The lowest BCUT2D eigenvalue weighted by Gasteiger charge is -2.23. The first kappa shape index (κ1) is 13.6. The smallest absolute Gasteiger partial charge is 0.220 e. The normalized spacial score (nSPS) is 22.7. The largest absolute Gasteiger partial charge is 0.353 e. The lowest BCUT2D eigenvalue weighted by atomic mass is 9.96. The zero-order chi connectivity index (χ0) is 13.8. The third-order valence-electron chi connectivity index (χ3n) is 4.20. The highest BCUT2D eigenvalue weighted by Gasteiger charge is 2.23. The van der Waals surface area contributed by atoms with E-state index in [1.165, 1.54) is 18.5 Å². The van der Waals surface area contributed by atoms with Gasteiger partial charge >= 0.3 is 0 Å². The second-order valence-corrected chi connectivity index (χ2v) is 6.00. The van der Waals surface area contributed by atoms with Crippen molar-refractivity contribution in [1.82, 2.24) is 20.2 Å². The van der Waals surface area contributed by atoms with E-state index in [0.717, 1.165) is 38.9 Å². The van der Waals surface area contributed by atoms with Crippen LogP contribution in [0.5, 0.6) is 0 Å². The molecule has 0 aromatic carbocycles. The third kappa shape index (κ3) is 3.60. The zero-order valence-corrected chi connectivity index (χ0v) is 12.0. The molecule has 2 heterocycles. The fourth-order valence-corrected chi connectivity index (χ4v) is 2.90. The van der Waals surface area contributed by atoms with Gasteiger partial charge in [0, 0.05) is 43.4 Å². The summed E-state index contributed by atoms with van der Waals surface area (Å²) in [5, 5.41) is 6.49.